The zero-order chi connectivity index (χ0) is 16.5. The van der Waals surface area contributed by atoms with Crippen molar-refractivity contribution in [3.63, 3.8) is 0 Å². The first-order chi connectivity index (χ1) is 10.8. The Morgan fingerprint density at radius 3 is 2.65 bits per heavy atom. The van der Waals surface area contributed by atoms with Crippen molar-refractivity contribution >= 4 is 5.97 Å². The summed E-state index contributed by atoms with van der Waals surface area (Å²) in [4.78, 5) is 11.6. The third kappa shape index (κ3) is 1.95. The Kier molecular flexibility index (Phi) is 3.30. The van der Waals surface area contributed by atoms with Crippen molar-refractivity contribution in [2.24, 2.45) is 34.0 Å². The molecule has 0 amide bonds. The minimum Gasteiger partial charge on any atom is -0.478 e. The summed E-state index contributed by atoms with van der Waals surface area (Å²) in [5.41, 5.74) is 1.16. The summed E-state index contributed by atoms with van der Waals surface area (Å²) in [7, 11) is 0. The number of aliphatic carboxylic acids is 1. The maximum Gasteiger partial charge on any atom is 0.331 e. The summed E-state index contributed by atoms with van der Waals surface area (Å²) in [6.07, 6.45) is 11.3. The average Bonchev–Trinajstić information content (AvgIpc) is 2.78. The van der Waals surface area contributed by atoms with E-state index in [0.717, 1.165) is 32.1 Å². The van der Waals surface area contributed by atoms with Crippen LogP contribution in [0.25, 0.3) is 0 Å². The van der Waals surface area contributed by atoms with Crippen LogP contribution in [-0.2, 0) is 4.79 Å². The van der Waals surface area contributed by atoms with Crippen LogP contribution in [0.15, 0.2) is 11.6 Å². The molecule has 3 nitrogen and oxygen atoms in total. The molecule has 2 bridgehead atoms. The molecule has 0 unspecified atom stereocenters. The van der Waals surface area contributed by atoms with Gasteiger partial charge in [-0.1, -0.05) is 26.3 Å². The molecule has 2 N–H and O–H groups in total. The maximum absolute atomic E-state index is 11.6. The molecule has 4 aliphatic rings. The van der Waals surface area contributed by atoms with Crippen LogP contribution in [0, 0.1) is 34.0 Å². The van der Waals surface area contributed by atoms with E-state index in [1.165, 1.54) is 19.3 Å². The minimum atomic E-state index is -0.691. The Labute approximate surface area is 139 Å². The molecule has 4 aliphatic carbocycles. The summed E-state index contributed by atoms with van der Waals surface area (Å²) in [6, 6.07) is 0. The fourth-order valence-corrected chi connectivity index (χ4v) is 7.50. The summed E-state index contributed by atoms with van der Waals surface area (Å²) < 4.78 is 0. The van der Waals surface area contributed by atoms with Gasteiger partial charge in [-0.25, -0.2) is 4.79 Å². The number of hydrogen-bond donors (Lipinski definition) is 2. The first kappa shape index (κ1) is 15.7. The molecular formula is C20H30O3. The van der Waals surface area contributed by atoms with Crippen LogP contribution in [0.5, 0.6) is 0 Å². The molecule has 0 aliphatic heterocycles. The van der Waals surface area contributed by atoms with Gasteiger partial charge in [-0.3, -0.25) is 0 Å². The van der Waals surface area contributed by atoms with Crippen molar-refractivity contribution in [1.29, 1.82) is 0 Å². The van der Waals surface area contributed by atoms with E-state index in [-0.39, 0.29) is 22.2 Å². The van der Waals surface area contributed by atoms with Gasteiger partial charge in [-0.15, -0.1) is 0 Å². The summed E-state index contributed by atoms with van der Waals surface area (Å²) in [5.74, 6) is 0.789. The number of carboxylic acid groups (broad SMARTS) is 1. The minimum absolute atomic E-state index is 0.0589. The lowest BCUT2D eigenvalue weighted by Crippen LogP contribution is -2.57. The third-order valence-corrected chi connectivity index (χ3v) is 8.41. The molecule has 4 rings (SSSR count). The number of rotatable bonds is 2. The van der Waals surface area contributed by atoms with E-state index in [1.54, 1.807) is 0 Å². The Morgan fingerprint density at radius 2 is 1.96 bits per heavy atom. The number of allylic oxidation sites excluding steroid dienone is 1. The average molecular weight is 318 g/mol. The molecule has 0 heterocycles. The van der Waals surface area contributed by atoms with Crippen LogP contribution in [0.3, 0.4) is 0 Å². The summed E-state index contributed by atoms with van der Waals surface area (Å²) >= 11 is 0. The third-order valence-electron chi connectivity index (χ3n) is 8.41. The number of aliphatic hydroxyl groups is 1. The fraction of sp³-hybridized carbons (Fsp3) is 0.850. The standard InChI is InChI=1S/C20H30O3/c1-18(12-21)7-3-8-19(2)15(18)6-9-20-10-13(4-5-16(19)20)14(11-20)17(22)23/h11,13,15-16,21H,3-10,12H2,1-2H3,(H,22,23)/t13-,15+,16-,18+,19+,20-/m0/s1. The Balaban J connectivity index is 1.75. The Morgan fingerprint density at radius 1 is 1.17 bits per heavy atom. The number of carbonyl (C=O) groups is 1. The van der Waals surface area contributed by atoms with Crippen molar-refractivity contribution < 1.29 is 15.0 Å². The summed E-state index contributed by atoms with van der Waals surface area (Å²) in [5, 5.41) is 19.6. The Hall–Kier alpha value is -0.830. The van der Waals surface area contributed by atoms with Crippen molar-refractivity contribution in [2.45, 2.75) is 65.2 Å². The van der Waals surface area contributed by atoms with Gasteiger partial charge in [0.05, 0.1) is 0 Å². The lowest BCUT2D eigenvalue weighted by Gasteiger charge is -2.64. The van der Waals surface area contributed by atoms with Crippen LogP contribution in [0.4, 0.5) is 0 Å². The van der Waals surface area contributed by atoms with Gasteiger partial charge < -0.3 is 10.2 Å². The lowest BCUT2D eigenvalue weighted by atomic mass is 9.41. The van der Waals surface area contributed by atoms with E-state index in [9.17, 15) is 15.0 Å². The van der Waals surface area contributed by atoms with E-state index >= 15 is 0 Å². The number of carboxylic acids is 1. The largest absolute Gasteiger partial charge is 0.478 e. The molecule has 1 spiro atoms. The van der Waals surface area contributed by atoms with E-state index in [0.29, 0.717) is 24.0 Å². The number of hydrogen-bond acceptors (Lipinski definition) is 2. The molecule has 3 fully saturated rings. The highest BCUT2D eigenvalue weighted by molar-refractivity contribution is 5.88. The second-order valence-electron chi connectivity index (χ2n) is 9.43. The lowest BCUT2D eigenvalue weighted by molar-refractivity contribution is -0.149. The van der Waals surface area contributed by atoms with Crippen molar-refractivity contribution in [1.82, 2.24) is 0 Å². The van der Waals surface area contributed by atoms with E-state index in [1.807, 2.05) is 0 Å². The second kappa shape index (κ2) is 4.84. The normalized spacial score (nSPS) is 51.6. The molecule has 0 saturated heterocycles. The predicted octanol–water partition coefficient (Wildman–Crippen LogP) is 4.01. The Bertz CT molecular complexity index is 567. The maximum atomic E-state index is 11.6. The molecule has 3 saturated carbocycles. The van der Waals surface area contributed by atoms with Crippen LogP contribution < -0.4 is 0 Å². The van der Waals surface area contributed by atoms with Gasteiger partial charge in [0.25, 0.3) is 0 Å². The van der Waals surface area contributed by atoms with E-state index in [4.69, 9.17) is 0 Å². The number of fused-ring (bicyclic) bond motifs is 3. The second-order valence-corrected chi connectivity index (χ2v) is 9.43. The van der Waals surface area contributed by atoms with Crippen molar-refractivity contribution in [3.8, 4) is 0 Å². The van der Waals surface area contributed by atoms with Gasteiger partial charge in [0.2, 0.25) is 0 Å². The van der Waals surface area contributed by atoms with Gasteiger partial charge in [-0.05, 0) is 78.9 Å². The first-order valence-corrected chi connectivity index (χ1v) is 9.42. The SMILES string of the molecule is C[C@]1(CO)CCC[C@]2(C)[C@@H]1CC[C@]13C=C(C(=O)O)[C@@H](CC[C@H]12)C3. The molecule has 23 heavy (non-hydrogen) atoms. The highest BCUT2D eigenvalue weighted by Gasteiger charge is 2.63. The van der Waals surface area contributed by atoms with Crippen molar-refractivity contribution in [3.05, 3.63) is 11.6 Å². The molecule has 3 heteroatoms. The fourth-order valence-electron chi connectivity index (χ4n) is 7.50. The quantitative estimate of drug-likeness (QED) is 0.808. The smallest absolute Gasteiger partial charge is 0.331 e. The zero-order valence-corrected chi connectivity index (χ0v) is 14.5. The molecule has 0 aromatic heterocycles. The molecule has 128 valence electrons. The monoisotopic (exact) mass is 318 g/mol. The highest BCUT2D eigenvalue weighted by Crippen LogP contribution is 2.70. The predicted molar refractivity (Wildman–Crippen MR) is 88.9 cm³/mol. The summed E-state index contributed by atoms with van der Waals surface area (Å²) in [6.45, 7) is 5.04. The van der Waals surface area contributed by atoms with Crippen molar-refractivity contribution in [2.75, 3.05) is 6.61 Å². The van der Waals surface area contributed by atoms with Gasteiger partial charge in [0.1, 0.15) is 0 Å². The molecule has 0 radical (unpaired) electrons. The highest BCUT2D eigenvalue weighted by atomic mass is 16.4. The van der Waals surface area contributed by atoms with Crippen LogP contribution >= 0.6 is 0 Å². The van der Waals surface area contributed by atoms with Gasteiger partial charge >= 0.3 is 5.97 Å². The zero-order valence-electron chi connectivity index (χ0n) is 14.5. The van der Waals surface area contributed by atoms with Gasteiger partial charge in [-0.2, -0.15) is 0 Å². The molecule has 0 aromatic carbocycles. The van der Waals surface area contributed by atoms with Crippen LogP contribution in [0.1, 0.15) is 65.2 Å². The van der Waals surface area contributed by atoms with E-state index < -0.39 is 5.97 Å². The molecule has 0 aromatic rings. The molecule has 6 atom stereocenters. The van der Waals surface area contributed by atoms with Gasteiger partial charge in [0, 0.05) is 12.2 Å². The van der Waals surface area contributed by atoms with Crippen LogP contribution in [0.2, 0.25) is 0 Å². The van der Waals surface area contributed by atoms with Gasteiger partial charge in [0.15, 0.2) is 0 Å². The van der Waals surface area contributed by atoms with E-state index in [2.05, 4.69) is 19.9 Å². The number of aliphatic hydroxyl groups excluding tert-OH is 1. The van der Waals surface area contributed by atoms with Crippen LogP contribution in [-0.4, -0.2) is 22.8 Å². The topological polar surface area (TPSA) is 57.5 Å². The molecular weight excluding hydrogens is 288 g/mol. The first-order valence-electron chi connectivity index (χ1n) is 9.42.